The number of fused-ring (bicyclic) bond motifs is 2. The Labute approximate surface area is 111 Å². The van der Waals surface area contributed by atoms with E-state index in [0.717, 1.165) is 25.7 Å². The Morgan fingerprint density at radius 2 is 2.00 bits per heavy atom. The highest BCUT2D eigenvalue weighted by atomic mass is 16.6. The number of carbonyl (C=O) groups is 1. The summed E-state index contributed by atoms with van der Waals surface area (Å²) in [6.45, 7) is 2.09. The second-order valence-electron chi connectivity index (χ2n) is 5.68. The number of nitro groups is 1. The quantitative estimate of drug-likeness (QED) is 0.606. The lowest BCUT2D eigenvalue weighted by molar-refractivity contribution is -0.385. The standard InChI is InChI=1S/C14H16N2O3/c1-14-8-6-10(7-9-14)15(14)13(17)11-4-2-3-5-12(11)16(18)19/h2-5,10H,6-9H2,1H3. The van der Waals surface area contributed by atoms with E-state index >= 15 is 0 Å². The summed E-state index contributed by atoms with van der Waals surface area (Å²) in [4.78, 5) is 25.1. The second kappa shape index (κ2) is 4.05. The van der Waals surface area contributed by atoms with Crippen LogP contribution in [-0.4, -0.2) is 27.3 Å². The molecular weight excluding hydrogens is 244 g/mol. The summed E-state index contributed by atoms with van der Waals surface area (Å²) >= 11 is 0. The molecule has 0 spiro atoms. The van der Waals surface area contributed by atoms with Crippen LogP contribution >= 0.6 is 0 Å². The number of hydrogen-bond donors (Lipinski definition) is 0. The SMILES string of the molecule is CC12CCC(CC1)N2C(=O)c1ccccc1[N+](=O)[O-]. The lowest BCUT2D eigenvalue weighted by Crippen LogP contribution is -2.43. The van der Waals surface area contributed by atoms with E-state index < -0.39 is 4.92 Å². The Morgan fingerprint density at radius 3 is 2.53 bits per heavy atom. The third-order valence-corrected chi connectivity index (χ3v) is 4.53. The first-order valence-electron chi connectivity index (χ1n) is 6.60. The molecule has 0 radical (unpaired) electrons. The smallest absolute Gasteiger partial charge is 0.282 e. The fraction of sp³-hybridized carbons (Fsp3) is 0.500. The van der Waals surface area contributed by atoms with Crippen LogP contribution in [0.4, 0.5) is 5.69 Å². The van der Waals surface area contributed by atoms with Gasteiger partial charge in [-0.15, -0.1) is 0 Å². The molecule has 0 aliphatic carbocycles. The van der Waals surface area contributed by atoms with Gasteiger partial charge < -0.3 is 4.90 Å². The Bertz CT molecular complexity index is 547. The van der Waals surface area contributed by atoms with Gasteiger partial charge in [0.25, 0.3) is 11.6 Å². The maximum atomic E-state index is 12.7. The molecule has 5 heteroatoms. The number of nitrogens with zero attached hydrogens (tertiary/aromatic N) is 2. The van der Waals surface area contributed by atoms with Crippen molar-refractivity contribution in [2.75, 3.05) is 0 Å². The van der Waals surface area contributed by atoms with Crippen molar-refractivity contribution in [3.05, 3.63) is 39.9 Å². The van der Waals surface area contributed by atoms with Gasteiger partial charge in [-0.3, -0.25) is 14.9 Å². The molecule has 5 nitrogen and oxygen atoms in total. The molecule has 0 N–H and O–H groups in total. The molecule has 2 heterocycles. The van der Waals surface area contributed by atoms with Crippen LogP contribution in [0.3, 0.4) is 0 Å². The van der Waals surface area contributed by atoms with Crippen LogP contribution in [0.5, 0.6) is 0 Å². The molecule has 1 amide bonds. The van der Waals surface area contributed by atoms with Gasteiger partial charge in [0.15, 0.2) is 0 Å². The minimum absolute atomic E-state index is 0.0950. The summed E-state index contributed by atoms with van der Waals surface area (Å²) in [5.41, 5.74) is 0.0146. The fourth-order valence-electron chi connectivity index (χ4n) is 3.52. The number of nitro benzene ring substituents is 1. The molecule has 0 saturated carbocycles. The predicted octanol–water partition coefficient (Wildman–Crippen LogP) is 2.75. The van der Waals surface area contributed by atoms with Gasteiger partial charge in [-0.1, -0.05) is 12.1 Å². The molecule has 19 heavy (non-hydrogen) atoms. The molecule has 2 bridgehead atoms. The molecule has 3 rings (SSSR count). The molecule has 2 saturated heterocycles. The van der Waals surface area contributed by atoms with Gasteiger partial charge >= 0.3 is 0 Å². The molecule has 2 aliphatic rings. The van der Waals surface area contributed by atoms with Gasteiger partial charge in [0.05, 0.1) is 4.92 Å². The van der Waals surface area contributed by atoms with Crippen molar-refractivity contribution in [3.8, 4) is 0 Å². The predicted molar refractivity (Wildman–Crippen MR) is 69.9 cm³/mol. The van der Waals surface area contributed by atoms with Crippen LogP contribution in [0.15, 0.2) is 24.3 Å². The lowest BCUT2D eigenvalue weighted by atomic mass is 9.90. The van der Waals surface area contributed by atoms with Crippen molar-refractivity contribution in [3.63, 3.8) is 0 Å². The Balaban J connectivity index is 2.00. The van der Waals surface area contributed by atoms with Gasteiger partial charge in [0, 0.05) is 17.6 Å². The summed E-state index contributed by atoms with van der Waals surface area (Å²) < 4.78 is 0. The zero-order valence-electron chi connectivity index (χ0n) is 10.8. The van der Waals surface area contributed by atoms with E-state index in [1.807, 2.05) is 4.90 Å². The van der Waals surface area contributed by atoms with Gasteiger partial charge in [-0.2, -0.15) is 0 Å². The summed E-state index contributed by atoms with van der Waals surface area (Å²) in [6.07, 6.45) is 4.04. The van der Waals surface area contributed by atoms with Crippen molar-refractivity contribution in [2.45, 2.75) is 44.2 Å². The van der Waals surface area contributed by atoms with E-state index in [1.165, 1.54) is 6.07 Å². The number of rotatable bonds is 2. The van der Waals surface area contributed by atoms with Crippen molar-refractivity contribution in [1.29, 1.82) is 0 Å². The minimum atomic E-state index is -0.479. The van der Waals surface area contributed by atoms with Crippen LogP contribution in [-0.2, 0) is 0 Å². The van der Waals surface area contributed by atoms with E-state index in [0.29, 0.717) is 0 Å². The van der Waals surface area contributed by atoms with E-state index in [2.05, 4.69) is 6.92 Å². The van der Waals surface area contributed by atoms with Crippen LogP contribution in [0, 0.1) is 10.1 Å². The largest absolute Gasteiger partial charge is 0.330 e. The topological polar surface area (TPSA) is 63.5 Å². The molecule has 0 unspecified atom stereocenters. The lowest BCUT2D eigenvalue weighted by Gasteiger charge is -2.31. The van der Waals surface area contributed by atoms with Crippen molar-refractivity contribution < 1.29 is 9.72 Å². The first-order chi connectivity index (χ1) is 9.03. The number of amides is 1. The summed E-state index contributed by atoms with van der Waals surface area (Å²) in [5, 5.41) is 11.0. The molecule has 1 aromatic rings. The molecule has 2 fully saturated rings. The molecule has 0 aromatic heterocycles. The third kappa shape index (κ3) is 1.72. The van der Waals surface area contributed by atoms with Gasteiger partial charge in [-0.25, -0.2) is 0 Å². The van der Waals surface area contributed by atoms with Crippen molar-refractivity contribution in [1.82, 2.24) is 4.90 Å². The third-order valence-electron chi connectivity index (χ3n) is 4.53. The number of benzene rings is 1. The van der Waals surface area contributed by atoms with E-state index in [1.54, 1.807) is 18.2 Å². The second-order valence-corrected chi connectivity index (χ2v) is 5.68. The zero-order chi connectivity index (χ0) is 13.6. The first kappa shape index (κ1) is 12.1. The van der Waals surface area contributed by atoms with E-state index in [-0.39, 0.29) is 28.7 Å². The van der Waals surface area contributed by atoms with Gasteiger partial charge in [0.2, 0.25) is 0 Å². The normalized spacial score (nSPS) is 28.7. The highest BCUT2D eigenvalue weighted by Crippen LogP contribution is 2.47. The van der Waals surface area contributed by atoms with Crippen LogP contribution in [0.1, 0.15) is 43.0 Å². The Morgan fingerprint density at radius 1 is 1.37 bits per heavy atom. The van der Waals surface area contributed by atoms with Gasteiger partial charge in [-0.05, 0) is 38.7 Å². The molecule has 2 aliphatic heterocycles. The maximum absolute atomic E-state index is 12.7. The maximum Gasteiger partial charge on any atom is 0.282 e. The van der Waals surface area contributed by atoms with Crippen LogP contribution in [0.25, 0.3) is 0 Å². The molecular formula is C14H16N2O3. The van der Waals surface area contributed by atoms with Crippen molar-refractivity contribution in [2.24, 2.45) is 0 Å². The molecule has 0 atom stereocenters. The highest BCUT2D eigenvalue weighted by molar-refractivity contribution is 5.99. The average Bonchev–Trinajstić information content (AvgIpc) is 2.90. The van der Waals surface area contributed by atoms with E-state index in [9.17, 15) is 14.9 Å². The zero-order valence-corrected chi connectivity index (χ0v) is 10.8. The highest BCUT2D eigenvalue weighted by Gasteiger charge is 2.51. The Kier molecular flexibility index (Phi) is 2.59. The monoisotopic (exact) mass is 260 g/mol. The van der Waals surface area contributed by atoms with Crippen LogP contribution in [0.2, 0.25) is 0 Å². The average molecular weight is 260 g/mol. The number of carbonyl (C=O) groups excluding carboxylic acids is 1. The number of hydrogen-bond acceptors (Lipinski definition) is 3. The first-order valence-corrected chi connectivity index (χ1v) is 6.60. The van der Waals surface area contributed by atoms with Crippen molar-refractivity contribution >= 4 is 11.6 Å². The Hall–Kier alpha value is -1.91. The molecule has 100 valence electrons. The van der Waals surface area contributed by atoms with Gasteiger partial charge in [0.1, 0.15) is 5.56 Å². The summed E-state index contributed by atoms with van der Waals surface area (Å²) in [5.74, 6) is -0.185. The summed E-state index contributed by atoms with van der Waals surface area (Å²) in [6, 6.07) is 6.49. The van der Waals surface area contributed by atoms with E-state index in [4.69, 9.17) is 0 Å². The number of para-hydroxylation sites is 1. The minimum Gasteiger partial charge on any atom is -0.330 e. The molecule has 1 aromatic carbocycles. The summed E-state index contributed by atoms with van der Waals surface area (Å²) in [7, 11) is 0. The van der Waals surface area contributed by atoms with Crippen LogP contribution < -0.4 is 0 Å². The fourth-order valence-corrected chi connectivity index (χ4v) is 3.52.